The standard InChI is InChI=1S/C36H45ClO9/c1-6-18-39-25-31-33(41-19-7-2)34(42-20-8-3)35(43-21-9-4)36(45-31,46-38-5)28-14-17-30(37)27(24-28)23-26-12-15-29(16-13-26)44-32-11-10-22-40-32/h6-9,12-17,24,31-35H,1-4,10-11,18-23,25H2,5H3/t31-,32?,33+,34+,35-,36?/m1/s1. The van der Waals surface area contributed by atoms with Crippen LogP contribution in [-0.2, 0) is 50.4 Å². The SMILES string of the molecule is C=CCOC[C@H]1OC(OOC)(c2ccc(Cl)c(Cc3ccc(OC4CCCO4)cc3)c2)[C@H](OCC=C)[C@@H](OCC=C)[C@H]1OCC=C. The third-order valence-electron chi connectivity index (χ3n) is 7.54. The van der Waals surface area contributed by atoms with E-state index >= 15 is 0 Å². The summed E-state index contributed by atoms with van der Waals surface area (Å²) in [5, 5.41) is 0.577. The van der Waals surface area contributed by atoms with Crippen LogP contribution in [0.2, 0.25) is 5.02 Å². The zero-order chi connectivity index (χ0) is 32.8. The molecule has 0 amide bonds. The van der Waals surface area contributed by atoms with Crippen LogP contribution < -0.4 is 4.74 Å². The summed E-state index contributed by atoms with van der Waals surface area (Å²) >= 11 is 6.77. The second-order valence-electron chi connectivity index (χ2n) is 10.8. The van der Waals surface area contributed by atoms with E-state index < -0.39 is 30.2 Å². The second-order valence-corrected chi connectivity index (χ2v) is 11.2. The molecule has 0 saturated carbocycles. The molecular formula is C36H45ClO9. The van der Waals surface area contributed by atoms with Gasteiger partial charge in [-0.3, -0.25) is 0 Å². The summed E-state index contributed by atoms with van der Waals surface area (Å²) in [7, 11) is 1.41. The Kier molecular flexibility index (Phi) is 14.5. The van der Waals surface area contributed by atoms with Gasteiger partial charge in [0, 0.05) is 17.0 Å². The first-order valence-corrected chi connectivity index (χ1v) is 15.8. The number of rotatable bonds is 20. The van der Waals surface area contributed by atoms with Gasteiger partial charge in [0.2, 0.25) is 0 Å². The van der Waals surface area contributed by atoms with Crippen molar-refractivity contribution in [2.45, 2.75) is 55.8 Å². The van der Waals surface area contributed by atoms with Crippen molar-refractivity contribution in [3.63, 3.8) is 0 Å². The first-order valence-electron chi connectivity index (χ1n) is 15.4. The highest BCUT2D eigenvalue weighted by molar-refractivity contribution is 6.31. The summed E-state index contributed by atoms with van der Waals surface area (Å²) in [6.45, 7) is 17.0. The summed E-state index contributed by atoms with van der Waals surface area (Å²) in [4.78, 5) is 11.5. The lowest BCUT2D eigenvalue weighted by Gasteiger charge is -2.51. The number of hydrogen-bond acceptors (Lipinski definition) is 9. The van der Waals surface area contributed by atoms with Crippen LogP contribution in [0, 0.1) is 0 Å². The van der Waals surface area contributed by atoms with E-state index in [1.54, 1.807) is 30.4 Å². The third kappa shape index (κ3) is 9.16. The van der Waals surface area contributed by atoms with E-state index in [4.69, 9.17) is 54.5 Å². The number of halogens is 1. The first-order chi connectivity index (χ1) is 22.5. The van der Waals surface area contributed by atoms with Gasteiger partial charge in [-0.1, -0.05) is 54.1 Å². The maximum absolute atomic E-state index is 6.80. The van der Waals surface area contributed by atoms with Gasteiger partial charge in [0.15, 0.2) is 6.29 Å². The molecule has 0 aliphatic carbocycles. The predicted molar refractivity (Wildman–Crippen MR) is 176 cm³/mol. The number of benzene rings is 2. The Hall–Kier alpha value is -2.83. The van der Waals surface area contributed by atoms with E-state index in [1.165, 1.54) is 7.11 Å². The molecule has 2 unspecified atom stereocenters. The minimum atomic E-state index is -1.63. The van der Waals surface area contributed by atoms with Crippen LogP contribution in [0.1, 0.15) is 29.5 Å². The molecule has 4 rings (SSSR count). The highest BCUT2D eigenvalue weighted by Crippen LogP contribution is 2.44. The summed E-state index contributed by atoms with van der Waals surface area (Å²) < 4.78 is 43.1. The van der Waals surface area contributed by atoms with Gasteiger partial charge in [0.1, 0.15) is 30.2 Å². The summed E-state index contributed by atoms with van der Waals surface area (Å²) in [6.07, 6.45) is 5.92. The normalized spacial score (nSPS) is 26.0. The van der Waals surface area contributed by atoms with Crippen molar-refractivity contribution in [2.24, 2.45) is 0 Å². The van der Waals surface area contributed by atoms with Gasteiger partial charge in [-0.2, -0.15) is 4.89 Å². The fourth-order valence-electron chi connectivity index (χ4n) is 5.57. The minimum Gasteiger partial charge on any atom is -0.465 e. The highest BCUT2D eigenvalue weighted by atomic mass is 35.5. The highest BCUT2D eigenvalue weighted by Gasteiger charge is 2.60. The third-order valence-corrected chi connectivity index (χ3v) is 7.91. The quantitative estimate of drug-likeness (QED) is 0.0687. The Morgan fingerprint density at radius 1 is 0.891 bits per heavy atom. The molecule has 0 aromatic heterocycles. The molecular weight excluding hydrogens is 612 g/mol. The predicted octanol–water partition coefficient (Wildman–Crippen LogP) is 6.49. The molecule has 2 fully saturated rings. The fourth-order valence-corrected chi connectivity index (χ4v) is 5.76. The van der Waals surface area contributed by atoms with Crippen LogP contribution in [0.4, 0.5) is 0 Å². The fraction of sp³-hybridized carbons (Fsp3) is 0.444. The van der Waals surface area contributed by atoms with Gasteiger partial charge in [0.25, 0.3) is 5.79 Å². The van der Waals surface area contributed by atoms with Gasteiger partial charge in [-0.25, -0.2) is 4.89 Å². The lowest BCUT2D eigenvalue weighted by atomic mass is 9.86. The van der Waals surface area contributed by atoms with Crippen molar-refractivity contribution < 1.29 is 42.9 Å². The van der Waals surface area contributed by atoms with Crippen molar-refractivity contribution in [1.82, 2.24) is 0 Å². The summed E-state index contributed by atoms with van der Waals surface area (Å²) in [5.41, 5.74) is 2.47. The molecule has 46 heavy (non-hydrogen) atoms. The lowest BCUT2D eigenvalue weighted by Crippen LogP contribution is -2.66. The lowest BCUT2D eigenvalue weighted by molar-refractivity contribution is -0.484. The van der Waals surface area contributed by atoms with Crippen LogP contribution in [0.25, 0.3) is 0 Å². The van der Waals surface area contributed by atoms with Crippen molar-refractivity contribution in [1.29, 1.82) is 0 Å². The molecule has 0 spiro atoms. The molecule has 250 valence electrons. The molecule has 0 bridgehead atoms. The Morgan fingerprint density at radius 2 is 1.59 bits per heavy atom. The van der Waals surface area contributed by atoms with E-state index in [0.717, 1.165) is 36.3 Å². The Bertz CT molecular complexity index is 1260. The molecule has 2 aromatic rings. The van der Waals surface area contributed by atoms with E-state index in [-0.39, 0.29) is 32.7 Å². The Labute approximate surface area is 277 Å². The molecule has 0 radical (unpaired) electrons. The zero-order valence-corrected chi connectivity index (χ0v) is 27.2. The average Bonchev–Trinajstić information content (AvgIpc) is 3.58. The molecule has 0 N–H and O–H groups in total. The smallest absolute Gasteiger partial charge is 0.257 e. The molecule has 2 aliphatic rings. The van der Waals surface area contributed by atoms with Gasteiger partial charge in [-0.05, 0) is 48.2 Å². The average molecular weight is 657 g/mol. The molecule has 2 aliphatic heterocycles. The number of ether oxygens (including phenoxy) is 7. The van der Waals surface area contributed by atoms with Crippen LogP contribution in [0.15, 0.2) is 93.1 Å². The van der Waals surface area contributed by atoms with Gasteiger partial charge >= 0.3 is 0 Å². The van der Waals surface area contributed by atoms with E-state index in [0.29, 0.717) is 23.6 Å². The first kappa shape index (κ1) is 36.0. The van der Waals surface area contributed by atoms with Gasteiger partial charge < -0.3 is 33.2 Å². The van der Waals surface area contributed by atoms with Crippen molar-refractivity contribution in [3.8, 4) is 5.75 Å². The number of hydrogen-bond donors (Lipinski definition) is 0. The van der Waals surface area contributed by atoms with Crippen molar-refractivity contribution in [3.05, 3.63) is 115 Å². The molecule has 2 heterocycles. The second kappa shape index (κ2) is 18.5. The van der Waals surface area contributed by atoms with Crippen LogP contribution in [-0.4, -0.2) is 77.5 Å². The van der Waals surface area contributed by atoms with Crippen LogP contribution in [0.3, 0.4) is 0 Å². The maximum Gasteiger partial charge on any atom is 0.257 e. The largest absolute Gasteiger partial charge is 0.465 e. The monoisotopic (exact) mass is 656 g/mol. The summed E-state index contributed by atoms with van der Waals surface area (Å²) in [5.74, 6) is -0.873. The van der Waals surface area contributed by atoms with E-state index in [1.807, 2.05) is 36.4 Å². The van der Waals surface area contributed by atoms with Crippen LogP contribution >= 0.6 is 11.6 Å². The van der Waals surface area contributed by atoms with E-state index in [9.17, 15) is 0 Å². The van der Waals surface area contributed by atoms with Gasteiger partial charge in [0.05, 0.1) is 46.8 Å². The molecule has 2 aromatic carbocycles. The Morgan fingerprint density at radius 3 is 2.24 bits per heavy atom. The van der Waals surface area contributed by atoms with Gasteiger partial charge in [-0.15, -0.1) is 26.3 Å². The molecule has 10 heteroatoms. The molecule has 2 saturated heterocycles. The topological polar surface area (TPSA) is 83.1 Å². The van der Waals surface area contributed by atoms with E-state index in [2.05, 4.69) is 26.3 Å². The van der Waals surface area contributed by atoms with Crippen LogP contribution in [0.5, 0.6) is 5.75 Å². The minimum absolute atomic E-state index is 0.144. The van der Waals surface area contributed by atoms with Crippen molar-refractivity contribution in [2.75, 3.05) is 46.8 Å². The molecule has 6 atom stereocenters. The molecule has 9 nitrogen and oxygen atoms in total. The Balaban J connectivity index is 1.72. The summed E-state index contributed by atoms with van der Waals surface area (Å²) in [6, 6.07) is 13.5. The zero-order valence-electron chi connectivity index (χ0n) is 26.5. The van der Waals surface area contributed by atoms with Crippen molar-refractivity contribution >= 4 is 11.6 Å². The maximum atomic E-state index is 6.80.